The number of carbonyl (C=O) groups is 1. The number of sulfonamides is 1. The Morgan fingerprint density at radius 1 is 0.931 bits per heavy atom. The summed E-state index contributed by atoms with van der Waals surface area (Å²) in [6, 6.07) is 20.6. The molecule has 1 amide bonds. The normalized spacial score (nSPS) is 11.1. The van der Waals surface area contributed by atoms with Gasteiger partial charge in [-0.15, -0.1) is 0 Å². The van der Waals surface area contributed by atoms with Crippen LogP contribution in [-0.4, -0.2) is 14.3 Å². The van der Waals surface area contributed by atoms with Crippen molar-refractivity contribution in [1.82, 2.24) is 0 Å². The lowest BCUT2D eigenvalue weighted by Gasteiger charge is -2.10. The van der Waals surface area contributed by atoms with Crippen LogP contribution in [0.2, 0.25) is 5.02 Å². The number of anilines is 2. The third-order valence-corrected chi connectivity index (χ3v) is 5.92. The molecule has 150 valence electrons. The maximum absolute atomic E-state index is 12.5. The van der Waals surface area contributed by atoms with Crippen molar-refractivity contribution in [2.45, 2.75) is 24.7 Å². The largest absolute Gasteiger partial charge is 0.326 e. The van der Waals surface area contributed by atoms with Crippen LogP contribution >= 0.6 is 11.6 Å². The first-order chi connectivity index (χ1) is 13.8. The molecule has 0 bridgehead atoms. The molecule has 0 unspecified atom stereocenters. The first-order valence-corrected chi connectivity index (χ1v) is 10.9. The minimum absolute atomic E-state index is 0.0927. The van der Waals surface area contributed by atoms with Gasteiger partial charge in [-0.2, -0.15) is 0 Å². The quantitative estimate of drug-likeness (QED) is 0.554. The molecule has 0 saturated heterocycles. The van der Waals surface area contributed by atoms with Crippen molar-refractivity contribution in [3.8, 4) is 0 Å². The Labute approximate surface area is 175 Å². The summed E-state index contributed by atoms with van der Waals surface area (Å²) < 4.78 is 27.5. The molecule has 7 heteroatoms. The van der Waals surface area contributed by atoms with Crippen LogP contribution in [-0.2, 0) is 21.2 Å². The van der Waals surface area contributed by atoms with E-state index in [9.17, 15) is 13.2 Å². The summed E-state index contributed by atoms with van der Waals surface area (Å²) in [7, 11) is -3.75. The summed E-state index contributed by atoms with van der Waals surface area (Å²) in [6.45, 7) is 2.02. The molecule has 2 N–H and O–H groups in total. The highest BCUT2D eigenvalue weighted by Crippen LogP contribution is 2.21. The van der Waals surface area contributed by atoms with E-state index in [4.69, 9.17) is 11.6 Å². The standard InChI is InChI=1S/C22H21ClN2O3S/c1-16-5-7-17(8-6-16)9-14-22(26)24-19-10-12-21(13-11-19)29(27,28)25-20-4-2-3-18(23)15-20/h2-8,10-13,15,25H,9,14H2,1H3,(H,24,26). The Bertz CT molecular complexity index is 1100. The summed E-state index contributed by atoms with van der Waals surface area (Å²) in [6.07, 6.45) is 0.988. The average molecular weight is 429 g/mol. The van der Waals surface area contributed by atoms with Gasteiger partial charge >= 0.3 is 0 Å². The minimum Gasteiger partial charge on any atom is -0.326 e. The van der Waals surface area contributed by atoms with Crippen LogP contribution in [0.1, 0.15) is 17.5 Å². The Morgan fingerprint density at radius 2 is 1.62 bits per heavy atom. The van der Waals surface area contributed by atoms with Gasteiger partial charge in [-0.3, -0.25) is 9.52 Å². The zero-order valence-corrected chi connectivity index (χ0v) is 17.4. The molecule has 0 saturated carbocycles. The van der Waals surface area contributed by atoms with Gasteiger partial charge in [-0.05, 0) is 61.4 Å². The smallest absolute Gasteiger partial charge is 0.261 e. The number of amides is 1. The van der Waals surface area contributed by atoms with Gasteiger partial charge in [0.25, 0.3) is 10.0 Å². The van der Waals surface area contributed by atoms with E-state index in [0.29, 0.717) is 29.2 Å². The Balaban J connectivity index is 1.58. The Hall–Kier alpha value is -2.83. The molecule has 0 aliphatic carbocycles. The Kier molecular flexibility index (Phi) is 6.56. The number of aryl methyl sites for hydroxylation is 2. The van der Waals surface area contributed by atoms with Gasteiger partial charge in [0.1, 0.15) is 0 Å². The lowest BCUT2D eigenvalue weighted by atomic mass is 10.1. The van der Waals surface area contributed by atoms with E-state index in [2.05, 4.69) is 10.0 Å². The third kappa shape index (κ3) is 6.07. The van der Waals surface area contributed by atoms with Gasteiger partial charge in [0.2, 0.25) is 5.91 Å². The van der Waals surface area contributed by atoms with Crippen molar-refractivity contribution >= 4 is 38.9 Å². The molecule has 0 aromatic heterocycles. The summed E-state index contributed by atoms with van der Waals surface area (Å²) in [5, 5.41) is 3.23. The molecule has 0 spiro atoms. The average Bonchev–Trinajstić information content (AvgIpc) is 2.68. The van der Waals surface area contributed by atoms with Crippen LogP contribution < -0.4 is 10.0 Å². The zero-order valence-electron chi connectivity index (χ0n) is 15.9. The maximum Gasteiger partial charge on any atom is 0.261 e. The minimum atomic E-state index is -3.75. The highest BCUT2D eigenvalue weighted by atomic mass is 35.5. The SMILES string of the molecule is Cc1ccc(CCC(=O)Nc2ccc(S(=O)(=O)Nc3cccc(Cl)c3)cc2)cc1. The second-order valence-electron chi connectivity index (χ2n) is 6.67. The summed E-state index contributed by atoms with van der Waals surface area (Å²) >= 11 is 5.89. The van der Waals surface area contributed by atoms with Crippen molar-refractivity contribution < 1.29 is 13.2 Å². The van der Waals surface area contributed by atoms with E-state index in [1.807, 2.05) is 31.2 Å². The van der Waals surface area contributed by atoms with Crippen molar-refractivity contribution in [1.29, 1.82) is 0 Å². The van der Waals surface area contributed by atoms with Crippen LogP contribution in [0.25, 0.3) is 0 Å². The van der Waals surface area contributed by atoms with Crippen LogP contribution in [0.15, 0.2) is 77.7 Å². The fourth-order valence-corrected chi connectivity index (χ4v) is 3.96. The van der Waals surface area contributed by atoms with Crippen molar-refractivity contribution in [3.05, 3.63) is 88.9 Å². The van der Waals surface area contributed by atoms with E-state index in [-0.39, 0.29) is 10.8 Å². The van der Waals surface area contributed by atoms with Gasteiger partial charge < -0.3 is 5.32 Å². The number of nitrogens with one attached hydrogen (secondary N) is 2. The van der Waals surface area contributed by atoms with E-state index in [1.165, 1.54) is 23.8 Å². The van der Waals surface area contributed by atoms with Crippen molar-refractivity contribution in [3.63, 3.8) is 0 Å². The van der Waals surface area contributed by atoms with E-state index in [0.717, 1.165) is 5.56 Å². The third-order valence-electron chi connectivity index (χ3n) is 4.29. The van der Waals surface area contributed by atoms with Crippen molar-refractivity contribution in [2.75, 3.05) is 10.0 Å². The van der Waals surface area contributed by atoms with Gasteiger partial charge in [0.05, 0.1) is 10.6 Å². The number of carbonyl (C=O) groups excluding carboxylic acids is 1. The molecule has 0 heterocycles. The molecule has 0 aliphatic heterocycles. The predicted octanol–water partition coefficient (Wildman–Crippen LogP) is 5.02. The molecule has 0 aliphatic rings. The molecule has 3 rings (SSSR count). The first-order valence-electron chi connectivity index (χ1n) is 9.06. The molecule has 29 heavy (non-hydrogen) atoms. The fraction of sp³-hybridized carbons (Fsp3) is 0.136. The second kappa shape index (κ2) is 9.11. The number of benzene rings is 3. The number of rotatable bonds is 7. The number of hydrogen-bond acceptors (Lipinski definition) is 3. The predicted molar refractivity (Wildman–Crippen MR) is 117 cm³/mol. The summed E-state index contributed by atoms with van der Waals surface area (Å²) in [5.41, 5.74) is 3.20. The van der Waals surface area contributed by atoms with Gasteiger partial charge in [0.15, 0.2) is 0 Å². The maximum atomic E-state index is 12.5. The molecule has 0 radical (unpaired) electrons. The molecular formula is C22H21ClN2O3S. The van der Waals surface area contributed by atoms with E-state index < -0.39 is 10.0 Å². The Morgan fingerprint density at radius 3 is 2.28 bits per heavy atom. The lowest BCUT2D eigenvalue weighted by Crippen LogP contribution is -2.14. The molecule has 3 aromatic rings. The molecular weight excluding hydrogens is 408 g/mol. The molecule has 0 atom stereocenters. The van der Waals surface area contributed by atoms with E-state index in [1.54, 1.807) is 30.3 Å². The highest BCUT2D eigenvalue weighted by molar-refractivity contribution is 7.92. The number of halogens is 1. The monoisotopic (exact) mass is 428 g/mol. The fourth-order valence-electron chi connectivity index (χ4n) is 2.72. The topological polar surface area (TPSA) is 75.3 Å². The lowest BCUT2D eigenvalue weighted by molar-refractivity contribution is -0.116. The zero-order chi connectivity index (χ0) is 20.9. The molecule has 5 nitrogen and oxygen atoms in total. The molecule has 3 aromatic carbocycles. The van der Waals surface area contributed by atoms with Gasteiger partial charge in [-0.25, -0.2) is 8.42 Å². The van der Waals surface area contributed by atoms with Gasteiger partial charge in [0, 0.05) is 17.1 Å². The number of hydrogen-bond donors (Lipinski definition) is 2. The van der Waals surface area contributed by atoms with Crippen molar-refractivity contribution in [2.24, 2.45) is 0 Å². The van der Waals surface area contributed by atoms with Gasteiger partial charge in [-0.1, -0.05) is 47.5 Å². The summed E-state index contributed by atoms with van der Waals surface area (Å²) in [4.78, 5) is 12.2. The molecule has 0 fully saturated rings. The second-order valence-corrected chi connectivity index (χ2v) is 8.79. The van der Waals surface area contributed by atoms with Crippen LogP contribution in [0.5, 0.6) is 0 Å². The van der Waals surface area contributed by atoms with Crippen LogP contribution in [0.3, 0.4) is 0 Å². The van der Waals surface area contributed by atoms with Crippen LogP contribution in [0.4, 0.5) is 11.4 Å². The highest BCUT2D eigenvalue weighted by Gasteiger charge is 2.14. The first kappa shape index (κ1) is 20.9. The van der Waals surface area contributed by atoms with E-state index >= 15 is 0 Å². The summed E-state index contributed by atoms with van der Waals surface area (Å²) in [5.74, 6) is -0.127. The van der Waals surface area contributed by atoms with Crippen LogP contribution in [0, 0.1) is 6.92 Å².